The summed E-state index contributed by atoms with van der Waals surface area (Å²) in [6, 6.07) is 0.152. The van der Waals surface area contributed by atoms with E-state index in [1.165, 1.54) is 0 Å². The number of carbonyl (C=O) groups is 1. The van der Waals surface area contributed by atoms with E-state index in [-0.39, 0.29) is 17.7 Å². The lowest BCUT2D eigenvalue weighted by molar-refractivity contribution is 0.0192. The zero-order valence-electron chi connectivity index (χ0n) is 16.6. The van der Waals surface area contributed by atoms with Gasteiger partial charge in [-0.15, -0.1) is 0 Å². The number of H-pyrrole nitrogens is 1. The molecule has 2 aliphatic heterocycles. The second kappa shape index (κ2) is 6.93. The number of fused-ring (bicyclic) bond motifs is 1. The van der Waals surface area contributed by atoms with E-state index in [1.807, 2.05) is 25.7 Å². The molecule has 1 aromatic rings. The van der Waals surface area contributed by atoms with Crippen LogP contribution in [0.4, 0.5) is 4.79 Å². The molecule has 1 N–H and O–H groups in total. The summed E-state index contributed by atoms with van der Waals surface area (Å²) < 4.78 is 5.56. The number of hydrogen-bond acceptors (Lipinski definition) is 5. The molecule has 1 aromatic heterocycles. The van der Waals surface area contributed by atoms with Gasteiger partial charge < -0.3 is 14.6 Å². The molecular weight excluding hydrogens is 344 g/mol. The molecule has 1 amide bonds. The van der Waals surface area contributed by atoms with Gasteiger partial charge in [-0.3, -0.25) is 9.69 Å². The maximum absolute atomic E-state index is 12.5. The van der Waals surface area contributed by atoms with Gasteiger partial charge in [0.2, 0.25) is 0 Å². The summed E-state index contributed by atoms with van der Waals surface area (Å²) in [7, 11) is 0. The predicted molar refractivity (Wildman–Crippen MR) is 102 cm³/mol. The van der Waals surface area contributed by atoms with Gasteiger partial charge in [0.05, 0.1) is 11.3 Å². The standard InChI is InChI=1S/C20H30N4O3/c1-20(2,3)27-19(26)24-9-4-5-14(24)11-23-10-8-16-15(12-23)18(25)22-17(21-16)13-6-7-13/h13-14H,4-12H2,1-3H3,(H,21,22,25). The van der Waals surface area contributed by atoms with E-state index in [4.69, 9.17) is 9.72 Å². The Morgan fingerprint density at radius 3 is 2.74 bits per heavy atom. The van der Waals surface area contributed by atoms with Crippen molar-refractivity contribution < 1.29 is 9.53 Å². The largest absolute Gasteiger partial charge is 0.444 e. The van der Waals surface area contributed by atoms with E-state index in [1.54, 1.807) is 0 Å². The van der Waals surface area contributed by atoms with Crippen LogP contribution in [0.1, 0.15) is 69.5 Å². The highest BCUT2D eigenvalue weighted by Crippen LogP contribution is 2.37. The maximum Gasteiger partial charge on any atom is 0.410 e. The predicted octanol–water partition coefficient (Wildman–Crippen LogP) is 2.40. The number of rotatable bonds is 3. The molecule has 7 nitrogen and oxygen atoms in total. The molecule has 1 aliphatic carbocycles. The van der Waals surface area contributed by atoms with E-state index in [9.17, 15) is 9.59 Å². The summed E-state index contributed by atoms with van der Waals surface area (Å²) in [5.41, 5.74) is 1.30. The number of ether oxygens (including phenoxy) is 1. The highest BCUT2D eigenvalue weighted by atomic mass is 16.6. The molecule has 1 unspecified atom stereocenters. The number of aromatic amines is 1. The van der Waals surface area contributed by atoms with Crippen molar-refractivity contribution in [2.75, 3.05) is 19.6 Å². The molecule has 0 aromatic carbocycles. The van der Waals surface area contributed by atoms with E-state index in [0.29, 0.717) is 12.5 Å². The molecule has 0 bridgehead atoms. The number of hydrogen-bond donors (Lipinski definition) is 1. The Balaban J connectivity index is 1.42. The van der Waals surface area contributed by atoms with Crippen LogP contribution in [0.15, 0.2) is 4.79 Å². The van der Waals surface area contributed by atoms with Crippen molar-refractivity contribution in [3.05, 3.63) is 27.4 Å². The van der Waals surface area contributed by atoms with Gasteiger partial charge in [-0.1, -0.05) is 0 Å². The molecule has 7 heteroatoms. The first kappa shape index (κ1) is 18.5. The van der Waals surface area contributed by atoms with Crippen LogP contribution in [-0.4, -0.2) is 57.1 Å². The second-order valence-electron chi connectivity index (χ2n) is 9.11. The first-order chi connectivity index (χ1) is 12.8. The zero-order chi connectivity index (χ0) is 19.2. The lowest BCUT2D eigenvalue weighted by Crippen LogP contribution is -2.47. The zero-order valence-corrected chi connectivity index (χ0v) is 16.6. The molecule has 3 aliphatic rings. The summed E-state index contributed by atoms with van der Waals surface area (Å²) in [6.45, 7) is 8.71. The Morgan fingerprint density at radius 1 is 1.26 bits per heavy atom. The van der Waals surface area contributed by atoms with Gasteiger partial charge in [0.1, 0.15) is 11.4 Å². The van der Waals surface area contributed by atoms with Gasteiger partial charge in [-0.25, -0.2) is 9.78 Å². The highest BCUT2D eigenvalue weighted by molar-refractivity contribution is 5.69. The maximum atomic E-state index is 12.5. The average Bonchev–Trinajstić information content (AvgIpc) is 3.33. The number of carbonyl (C=O) groups excluding carboxylic acids is 1. The molecule has 27 heavy (non-hydrogen) atoms. The van der Waals surface area contributed by atoms with Crippen LogP contribution in [-0.2, 0) is 17.7 Å². The molecule has 1 saturated carbocycles. The van der Waals surface area contributed by atoms with Crippen molar-refractivity contribution in [1.82, 2.24) is 19.8 Å². The molecule has 4 rings (SSSR count). The molecule has 0 radical (unpaired) electrons. The fourth-order valence-electron chi connectivity index (χ4n) is 4.09. The van der Waals surface area contributed by atoms with Gasteiger partial charge in [0.15, 0.2) is 0 Å². The summed E-state index contributed by atoms with van der Waals surface area (Å²) in [4.78, 5) is 36.9. The van der Waals surface area contributed by atoms with E-state index < -0.39 is 5.60 Å². The minimum atomic E-state index is -0.480. The van der Waals surface area contributed by atoms with Crippen LogP contribution < -0.4 is 5.56 Å². The fourth-order valence-corrected chi connectivity index (χ4v) is 4.09. The Labute approximate surface area is 160 Å². The number of aromatic nitrogens is 2. The van der Waals surface area contributed by atoms with Crippen LogP contribution in [0.3, 0.4) is 0 Å². The number of amides is 1. The summed E-state index contributed by atoms with van der Waals surface area (Å²) >= 11 is 0. The minimum absolute atomic E-state index is 0.0158. The second-order valence-corrected chi connectivity index (χ2v) is 9.11. The molecule has 1 atom stereocenters. The van der Waals surface area contributed by atoms with Crippen molar-refractivity contribution in [3.63, 3.8) is 0 Å². The Bertz CT molecular complexity index is 778. The van der Waals surface area contributed by atoms with E-state index in [0.717, 1.165) is 68.8 Å². The van der Waals surface area contributed by atoms with E-state index in [2.05, 4.69) is 9.88 Å². The third-order valence-corrected chi connectivity index (χ3v) is 5.60. The Hall–Kier alpha value is -1.89. The van der Waals surface area contributed by atoms with Crippen LogP contribution >= 0.6 is 0 Å². The SMILES string of the molecule is CC(C)(C)OC(=O)N1CCCC1CN1CCc2nc(C3CC3)[nH]c(=O)c2C1. The third kappa shape index (κ3) is 4.18. The number of nitrogens with zero attached hydrogens (tertiary/aromatic N) is 3. The fraction of sp³-hybridized carbons (Fsp3) is 0.750. The molecule has 3 heterocycles. The van der Waals surface area contributed by atoms with Crippen molar-refractivity contribution in [3.8, 4) is 0 Å². The topological polar surface area (TPSA) is 78.5 Å². The van der Waals surface area contributed by atoms with Gasteiger partial charge in [-0.05, 0) is 46.5 Å². The number of nitrogens with one attached hydrogen (secondary N) is 1. The lowest BCUT2D eigenvalue weighted by atomic mass is 10.1. The quantitative estimate of drug-likeness (QED) is 0.879. The number of likely N-dealkylation sites (tertiary alicyclic amines) is 1. The normalized spacial score (nSPS) is 23.4. The van der Waals surface area contributed by atoms with Crippen molar-refractivity contribution in [2.45, 2.75) is 77.0 Å². The summed E-state index contributed by atoms with van der Waals surface area (Å²) in [6.07, 6.45) is 4.83. The Kier molecular flexibility index (Phi) is 4.74. The van der Waals surface area contributed by atoms with Crippen LogP contribution in [0.5, 0.6) is 0 Å². The molecule has 1 saturated heterocycles. The molecule has 0 spiro atoms. The van der Waals surface area contributed by atoms with Crippen molar-refractivity contribution >= 4 is 6.09 Å². The van der Waals surface area contributed by atoms with Crippen LogP contribution in [0, 0.1) is 0 Å². The monoisotopic (exact) mass is 374 g/mol. The smallest absolute Gasteiger partial charge is 0.410 e. The molecule has 148 valence electrons. The van der Waals surface area contributed by atoms with E-state index >= 15 is 0 Å². The first-order valence-electron chi connectivity index (χ1n) is 10.1. The Morgan fingerprint density at radius 2 is 2.04 bits per heavy atom. The van der Waals surface area contributed by atoms with Gasteiger partial charge in [0, 0.05) is 44.6 Å². The van der Waals surface area contributed by atoms with Crippen molar-refractivity contribution in [1.29, 1.82) is 0 Å². The van der Waals surface area contributed by atoms with Crippen LogP contribution in [0.2, 0.25) is 0 Å². The molecular formula is C20H30N4O3. The highest BCUT2D eigenvalue weighted by Gasteiger charge is 2.34. The molecule has 2 fully saturated rings. The van der Waals surface area contributed by atoms with Gasteiger partial charge in [-0.2, -0.15) is 0 Å². The average molecular weight is 374 g/mol. The summed E-state index contributed by atoms with van der Waals surface area (Å²) in [5, 5.41) is 0. The summed E-state index contributed by atoms with van der Waals surface area (Å²) in [5.74, 6) is 1.33. The first-order valence-corrected chi connectivity index (χ1v) is 10.1. The third-order valence-electron chi connectivity index (χ3n) is 5.60. The van der Waals surface area contributed by atoms with Gasteiger partial charge >= 0.3 is 6.09 Å². The van der Waals surface area contributed by atoms with Crippen LogP contribution in [0.25, 0.3) is 0 Å². The van der Waals surface area contributed by atoms with Gasteiger partial charge in [0.25, 0.3) is 5.56 Å². The van der Waals surface area contributed by atoms with Crippen molar-refractivity contribution in [2.24, 2.45) is 0 Å². The lowest BCUT2D eigenvalue weighted by Gasteiger charge is -2.34. The minimum Gasteiger partial charge on any atom is -0.444 e.